The Morgan fingerprint density at radius 3 is 2.76 bits per heavy atom. The molecular formula is C23H27FN8O2. The molecule has 0 saturated heterocycles. The summed E-state index contributed by atoms with van der Waals surface area (Å²) < 4.78 is 20.4. The lowest BCUT2D eigenvalue weighted by atomic mass is 9.91. The minimum Gasteiger partial charge on any atom is -0.473 e. The molecule has 0 bridgehead atoms. The lowest BCUT2D eigenvalue weighted by Gasteiger charge is -2.30. The summed E-state index contributed by atoms with van der Waals surface area (Å²) in [5.74, 6) is -0.118. The monoisotopic (exact) mass is 466 g/mol. The Morgan fingerprint density at radius 2 is 1.97 bits per heavy atom. The average Bonchev–Trinajstić information content (AvgIpc) is 2.81. The molecule has 3 aromatic rings. The molecule has 34 heavy (non-hydrogen) atoms. The Labute approximate surface area is 195 Å². The topological polar surface area (TPSA) is 144 Å². The number of benzene rings is 1. The van der Waals surface area contributed by atoms with Crippen molar-refractivity contribution in [3.05, 3.63) is 35.6 Å². The van der Waals surface area contributed by atoms with Crippen LogP contribution in [0.15, 0.2) is 24.3 Å². The van der Waals surface area contributed by atoms with Gasteiger partial charge in [0.15, 0.2) is 17.5 Å². The molecule has 3 heterocycles. The predicted octanol–water partition coefficient (Wildman–Crippen LogP) is 2.52. The molecule has 178 valence electrons. The van der Waals surface area contributed by atoms with Crippen LogP contribution >= 0.6 is 0 Å². The van der Waals surface area contributed by atoms with E-state index in [0.29, 0.717) is 41.6 Å². The molecule has 10 nitrogen and oxygen atoms in total. The minimum atomic E-state index is -0.789. The smallest absolute Gasteiger partial charge is 0.258 e. The summed E-state index contributed by atoms with van der Waals surface area (Å²) in [6, 6.07) is 6.26. The van der Waals surface area contributed by atoms with Gasteiger partial charge in [0.1, 0.15) is 12.4 Å². The van der Waals surface area contributed by atoms with Gasteiger partial charge in [-0.1, -0.05) is 12.8 Å². The van der Waals surface area contributed by atoms with Gasteiger partial charge in [-0.05, 0) is 37.1 Å². The second-order valence-electron chi connectivity index (χ2n) is 8.73. The lowest BCUT2D eigenvalue weighted by molar-refractivity contribution is 0.100. The van der Waals surface area contributed by atoms with Crippen LogP contribution in [0.5, 0.6) is 5.88 Å². The standard InChI is InChI=1S/C23H27FN8O2/c1-32-8-9-34-23-22(32)29-18-10-12(6-7-17(18)30-23)27-20-13(19(26)33)11-14(24)21(31-20)28-16-5-3-2-4-15(16)25/h6-7,10-11,15-16H,2-5,8-9,25H2,1H3,(H2,26,33)(H2,27,28,31)/t15-,16+/m0/s1. The molecule has 5 rings (SSSR count). The first kappa shape index (κ1) is 22.1. The number of ether oxygens (including phenoxy) is 1. The predicted molar refractivity (Wildman–Crippen MR) is 128 cm³/mol. The van der Waals surface area contributed by atoms with Crippen LogP contribution in [-0.2, 0) is 0 Å². The van der Waals surface area contributed by atoms with E-state index in [1.54, 1.807) is 18.2 Å². The number of amides is 1. The highest BCUT2D eigenvalue weighted by molar-refractivity contribution is 5.99. The molecule has 0 radical (unpaired) electrons. The molecule has 1 fully saturated rings. The van der Waals surface area contributed by atoms with Crippen LogP contribution in [0.1, 0.15) is 36.0 Å². The number of likely N-dealkylation sites (N-methyl/N-ethyl adjacent to an activating group) is 1. The fourth-order valence-corrected chi connectivity index (χ4v) is 4.36. The van der Waals surface area contributed by atoms with Crippen LogP contribution < -0.4 is 31.7 Å². The van der Waals surface area contributed by atoms with Gasteiger partial charge >= 0.3 is 0 Å². The van der Waals surface area contributed by atoms with Crippen LogP contribution in [0, 0.1) is 5.82 Å². The summed E-state index contributed by atoms with van der Waals surface area (Å²) in [6.07, 6.45) is 3.76. The van der Waals surface area contributed by atoms with Gasteiger partial charge in [-0.15, -0.1) is 0 Å². The molecule has 1 aromatic carbocycles. The Bertz CT molecular complexity index is 1250. The maximum Gasteiger partial charge on any atom is 0.258 e. The number of anilines is 4. The van der Waals surface area contributed by atoms with Crippen molar-refractivity contribution in [2.45, 2.75) is 37.8 Å². The number of pyridine rings is 1. The van der Waals surface area contributed by atoms with Crippen molar-refractivity contribution in [2.24, 2.45) is 11.5 Å². The number of carbonyl (C=O) groups is 1. The van der Waals surface area contributed by atoms with E-state index in [2.05, 4.69) is 25.6 Å². The number of aromatic nitrogens is 3. The minimum absolute atomic E-state index is 0.0308. The average molecular weight is 467 g/mol. The van der Waals surface area contributed by atoms with Crippen LogP contribution in [0.25, 0.3) is 11.0 Å². The number of nitrogens with zero attached hydrogens (tertiary/aromatic N) is 4. The summed E-state index contributed by atoms with van der Waals surface area (Å²) in [5, 5.41) is 6.21. The van der Waals surface area contributed by atoms with E-state index in [1.807, 2.05) is 11.9 Å². The number of carbonyl (C=O) groups excluding carboxylic acids is 1. The van der Waals surface area contributed by atoms with Crippen LogP contribution in [0.4, 0.5) is 27.5 Å². The molecule has 1 aliphatic heterocycles. The first-order valence-electron chi connectivity index (χ1n) is 11.3. The summed E-state index contributed by atoms with van der Waals surface area (Å²) in [5.41, 5.74) is 13.6. The Morgan fingerprint density at radius 1 is 1.15 bits per heavy atom. The Hall–Kier alpha value is -3.73. The van der Waals surface area contributed by atoms with Crippen molar-refractivity contribution < 1.29 is 13.9 Å². The van der Waals surface area contributed by atoms with Gasteiger partial charge in [0.2, 0.25) is 0 Å². The Kier molecular flexibility index (Phi) is 5.78. The van der Waals surface area contributed by atoms with Crippen LogP contribution in [0.3, 0.4) is 0 Å². The summed E-state index contributed by atoms with van der Waals surface area (Å²) in [7, 11) is 1.93. The van der Waals surface area contributed by atoms with Crippen molar-refractivity contribution in [3.8, 4) is 5.88 Å². The van der Waals surface area contributed by atoms with Gasteiger partial charge in [0.05, 0.1) is 23.1 Å². The van der Waals surface area contributed by atoms with E-state index >= 15 is 0 Å². The highest BCUT2D eigenvalue weighted by Gasteiger charge is 2.25. The zero-order valence-electron chi connectivity index (χ0n) is 18.8. The molecule has 1 aliphatic carbocycles. The number of rotatable bonds is 5. The van der Waals surface area contributed by atoms with E-state index in [-0.39, 0.29) is 29.3 Å². The van der Waals surface area contributed by atoms with Gasteiger partial charge in [0.25, 0.3) is 11.8 Å². The van der Waals surface area contributed by atoms with E-state index in [0.717, 1.165) is 31.7 Å². The second-order valence-corrected chi connectivity index (χ2v) is 8.73. The molecule has 0 unspecified atom stereocenters. The third-order valence-electron chi connectivity index (χ3n) is 6.29. The molecule has 11 heteroatoms. The van der Waals surface area contributed by atoms with Gasteiger partial charge in [0, 0.05) is 24.8 Å². The summed E-state index contributed by atoms with van der Waals surface area (Å²) in [4.78, 5) is 27.6. The molecule has 1 saturated carbocycles. The summed E-state index contributed by atoms with van der Waals surface area (Å²) in [6.45, 7) is 1.27. The largest absolute Gasteiger partial charge is 0.473 e. The van der Waals surface area contributed by atoms with E-state index in [1.165, 1.54) is 0 Å². The van der Waals surface area contributed by atoms with Crippen LogP contribution in [-0.4, -0.2) is 53.1 Å². The third-order valence-corrected chi connectivity index (χ3v) is 6.29. The molecule has 2 atom stereocenters. The number of fused-ring (bicyclic) bond motifs is 2. The molecule has 1 amide bonds. The fraction of sp³-hybridized carbons (Fsp3) is 0.391. The van der Waals surface area contributed by atoms with E-state index < -0.39 is 11.7 Å². The van der Waals surface area contributed by atoms with Crippen molar-refractivity contribution in [1.82, 2.24) is 15.0 Å². The number of halogens is 1. The maximum absolute atomic E-state index is 14.8. The molecule has 6 N–H and O–H groups in total. The highest BCUT2D eigenvalue weighted by atomic mass is 19.1. The third kappa shape index (κ3) is 4.26. The Balaban J connectivity index is 1.48. The van der Waals surface area contributed by atoms with Crippen molar-refractivity contribution >= 4 is 40.1 Å². The molecular weight excluding hydrogens is 439 g/mol. The first-order valence-corrected chi connectivity index (χ1v) is 11.3. The zero-order valence-corrected chi connectivity index (χ0v) is 18.8. The highest BCUT2D eigenvalue weighted by Crippen LogP contribution is 2.31. The number of nitrogens with one attached hydrogen (secondary N) is 2. The number of hydrogen-bond donors (Lipinski definition) is 4. The normalized spacial score (nSPS) is 19.9. The van der Waals surface area contributed by atoms with Gasteiger partial charge in [-0.2, -0.15) is 0 Å². The lowest BCUT2D eigenvalue weighted by Crippen LogP contribution is -2.43. The zero-order chi connectivity index (χ0) is 23.8. The molecule has 0 spiro atoms. The quantitative estimate of drug-likeness (QED) is 0.446. The SMILES string of the molecule is CN1CCOc2nc3ccc(Nc4nc(N[C@@H]5CCCC[C@@H]5N)c(F)cc4C(N)=O)cc3nc21. The van der Waals surface area contributed by atoms with Crippen molar-refractivity contribution in [2.75, 3.05) is 35.7 Å². The first-order chi connectivity index (χ1) is 16.4. The van der Waals surface area contributed by atoms with Crippen molar-refractivity contribution in [1.29, 1.82) is 0 Å². The van der Waals surface area contributed by atoms with Gasteiger partial charge in [-0.3, -0.25) is 4.79 Å². The number of primary amides is 1. The molecule has 2 aliphatic rings. The van der Waals surface area contributed by atoms with Gasteiger partial charge < -0.3 is 31.7 Å². The second kappa shape index (κ2) is 8.90. The van der Waals surface area contributed by atoms with E-state index in [9.17, 15) is 9.18 Å². The number of nitrogens with two attached hydrogens (primary N) is 2. The number of hydrogen-bond acceptors (Lipinski definition) is 9. The fourth-order valence-electron chi connectivity index (χ4n) is 4.36. The van der Waals surface area contributed by atoms with Crippen LogP contribution in [0.2, 0.25) is 0 Å². The van der Waals surface area contributed by atoms with E-state index in [4.69, 9.17) is 16.2 Å². The van der Waals surface area contributed by atoms with Crippen molar-refractivity contribution in [3.63, 3.8) is 0 Å². The van der Waals surface area contributed by atoms with Gasteiger partial charge in [-0.25, -0.2) is 19.3 Å². The maximum atomic E-state index is 14.8. The molecule has 2 aromatic heterocycles. The summed E-state index contributed by atoms with van der Waals surface area (Å²) >= 11 is 0.